The Morgan fingerprint density at radius 1 is 1.15 bits per heavy atom. The van der Waals surface area contributed by atoms with Gasteiger partial charge in [0, 0.05) is 63.2 Å². The number of rotatable bonds is 4. The summed E-state index contributed by atoms with van der Waals surface area (Å²) in [5, 5.41) is 5.15. The molecule has 140 valence electrons. The number of carbonyl (C=O) groups is 2. The molecule has 1 aliphatic rings. The molecule has 2 aromatic heterocycles. The predicted octanol–water partition coefficient (Wildman–Crippen LogP) is 1.84. The zero-order valence-corrected chi connectivity index (χ0v) is 15.1. The number of nitrogens with one attached hydrogen (secondary N) is 1. The Labute approximate surface area is 156 Å². The summed E-state index contributed by atoms with van der Waals surface area (Å²) < 4.78 is 5.30. The first kappa shape index (κ1) is 17.3. The van der Waals surface area contributed by atoms with Crippen molar-refractivity contribution < 1.29 is 14.1 Å². The fraction of sp³-hybridized carbons (Fsp3) is 0.368. The molecule has 0 spiro atoms. The third-order valence-electron chi connectivity index (χ3n) is 4.91. The van der Waals surface area contributed by atoms with E-state index in [0.29, 0.717) is 50.7 Å². The van der Waals surface area contributed by atoms with E-state index < -0.39 is 0 Å². The fourth-order valence-electron chi connectivity index (χ4n) is 3.30. The van der Waals surface area contributed by atoms with Crippen LogP contribution in [0.5, 0.6) is 0 Å². The molecule has 4 rings (SSSR count). The minimum atomic E-state index is 0.0470. The van der Waals surface area contributed by atoms with Gasteiger partial charge in [-0.15, -0.1) is 0 Å². The van der Waals surface area contributed by atoms with Gasteiger partial charge >= 0.3 is 0 Å². The highest BCUT2D eigenvalue weighted by Crippen LogP contribution is 2.21. The number of piperazine rings is 1. The fourth-order valence-corrected chi connectivity index (χ4v) is 3.30. The second-order valence-corrected chi connectivity index (χ2v) is 6.68. The molecule has 2 amide bonds. The maximum absolute atomic E-state index is 12.4. The first-order valence-corrected chi connectivity index (χ1v) is 9.03. The molecule has 1 N–H and O–H groups in total. The maximum atomic E-state index is 12.4. The topological polar surface area (TPSA) is 95.3 Å². The number of aromatic amines is 1. The van der Waals surface area contributed by atoms with Crippen LogP contribution in [-0.2, 0) is 16.0 Å². The van der Waals surface area contributed by atoms with E-state index in [2.05, 4.69) is 15.1 Å². The number of benzene rings is 1. The van der Waals surface area contributed by atoms with Gasteiger partial charge in [-0.2, -0.15) is 4.98 Å². The highest BCUT2D eigenvalue weighted by molar-refractivity contribution is 5.83. The van der Waals surface area contributed by atoms with Gasteiger partial charge in [0.25, 0.3) is 0 Å². The van der Waals surface area contributed by atoms with Crippen molar-refractivity contribution in [1.82, 2.24) is 24.9 Å². The third-order valence-corrected chi connectivity index (χ3v) is 4.91. The number of carbonyl (C=O) groups excluding carboxylic acids is 2. The standard InChI is InChI=1S/C19H21N5O3/c1-13(25)23-8-10-24(11-9-23)18(26)5-4-17-21-19(22-27-17)15-3-2-14-6-7-20-16(14)12-15/h2-3,6-7,12,20H,4-5,8-11H2,1H3. The lowest BCUT2D eigenvalue weighted by Gasteiger charge is -2.34. The summed E-state index contributed by atoms with van der Waals surface area (Å²) in [4.78, 5) is 34.8. The molecule has 8 nitrogen and oxygen atoms in total. The molecular weight excluding hydrogens is 346 g/mol. The molecule has 0 aliphatic carbocycles. The van der Waals surface area contributed by atoms with E-state index >= 15 is 0 Å². The lowest BCUT2D eigenvalue weighted by molar-refractivity contribution is -0.138. The van der Waals surface area contributed by atoms with Gasteiger partial charge in [-0.1, -0.05) is 17.3 Å². The van der Waals surface area contributed by atoms with E-state index in [1.807, 2.05) is 30.5 Å². The second-order valence-electron chi connectivity index (χ2n) is 6.68. The van der Waals surface area contributed by atoms with Crippen molar-refractivity contribution in [3.8, 4) is 11.4 Å². The van der Waals surface area contributed by atoms with Crippen LogP contribution in [0, 0.1) is 0 Å². The van der Waals surface area contributed by atoms with Gasteiger partial charge in [0.2, 0.25) is 23.5 Å². The molecule has 1 aromatic carbocycles. The Kier molecular flexibility index (Phi) is 4.62. The third kappa shape index (κ3) is 3.69. The number of nitrogens with zero attached hydrogens (tertiary/aromatic N) is 4. The largest absolute Gasteiger partial charge is 0.361 e. The van der Waals surface area contributed by atoms with Gasteiger partial charge in [0.05, 0.1) is 0 Å². The van der Waals surface area contributed by atoms with Crippen molar-refractivity contribution in [3.63, 3.8) is 0 Å². The monoisotopic (exact) mass is 367 g/mol. The number of aryl methyl sites for hydroxylation is 1. The van der Waals surface area contributed by atoms with E-state index in [0.717, 1.165) is 16.5 Å². The molecule has 1 saturated heterocycles. The minimum absolute atomic E-state index is 0.0470. The van der Waals surface area contributed by atoms with E-state index in [1.165, 1.54) is 0 Å². The molecule has 1 fully saturated rings. The van der Waals surface area contributed by atoms with Crippen molar-refractivity contribution in [2.24, 2.45) is 0 Å². The number of hydrogen-bond donors (Lipinski definition) is 1. The van der Waals surface area contributed by atoms with Crippen molar-refractivity contribution in [2.45, 2.75) is 19.8 Å². The molecule has 1 aliphatic heterocycles. The highest BCUT2D eigenvalue weighted by atomic mass is 16.5. The smallest absolute Gasteiger partial charge is 0.227 e. The molecule has 0 bridgehead atoms. The summed E-state index contributed by atoms with van der Waals surface area (Å²) in [7, 11) is 0. The summed E-state index contributed by atoms with van der Waals surface area (Å²) in [6.07, 6.45) is 2.61. The van der Waals surface area contributed by atoms with Gasteiger partial charge in [-0.05, 0) is 17.5 Å². The van der Waals surface area contributed by atoms with Crippen molar-refractivity contribution >= 4 is 22.7 Å². The van der Waals surface area contributed by atoms with Crippen LogP contribution in [0.4, 0.5) is 0 Å². The SMILES string of the molecule is CC(=O)N1CCN(C(=O)CCc2nc(-c3ccc4cc[nH]c4c3)no2)CC1. The molecule has 3 aromatic rings. The Hall–Kier alpha value is -3.16. The second kappa shape index (κ2) is 7.22. The predicted molar refractivity (Wildman–Crippen MR) is 98.7 cm³/mol. The first-order valence-electron chi connectivity index (χ1n) is 9.03. The van der Waals surface area contributed by atoms with Crippen LogP contribution in [0.3, 0.4) is 0 Å². The zero-order valence-electron chi connectivity index (χ0n) is 15.1. The average molecular weight is 367 g/mol. The van der Waals surface area contributed by atoms with Gasteiger partial charge in [0.1, 0.15) is 0 Å². The molecule has 0 saturated carbocycles. The van der Waals surface area contributed by atoms with Gasteiger partial charge in [-0.25, -0.2) is 0 Å². The van der Waals surface area contributed by atoms with Crippen LogP contribution in [0.15, 0.2) is 35.0 Å². The van der Waals surface area contributed by atoms with E-state index in [4.69, 9.17) is 4.52 Å². The number of fused-ring (bicyclic) bond motifs is 1. The quantitative estimate of drug-likeness (QED) is 0.759. The summed E-state index contributed by atoms with van der Waals surface area (Å²) >= 11 is 0. The van der Waals surface area contributed by atoms with Crippen LogP contribution in [0.25, 0.3) is 22.3 Å². The van der Waals surface area contributed by atoms with Crippen LogP contribution in [0.1, 0.15) is 19.2 Å². The van der Waals surface area contributed by atoms with Gasteiger partial charge < -0.3 is 19.3 Å². The van der Waals surface area contributed by atoms with Gasteiger partial charge in [-0.3, -0.25) is 9.59 Å². The molecule has 0 atom stereocenters. The maximum Gasteiger partial charge on any atom is 0.227 e. The molecule has 27 heavy (non-hydrogen) atoms. The van der Waals surface area contributed by atoms with Crippen LogP contribution >= 0.6 is 0 Å². The number of amides is 2. The lowest BCUT2D eigenvalue weighted by Crippen LogP contribution is -2.50. The average Bonchev–Trinajstić information content (AvgIpc) is 3.34. The van der Waals surface area contributed by atoms with E-state index in [1.54, 1.807) is 16.7 Å². The molecule has 0 unspecified atom stereocenters. The van der Waals surface area contributed by atoms with Crippen molar-refractivity contribution in [2.75, 3.05) is 26.2 Å². The molecule has 8 heteroatoms. The van der Waals surface area contributed by atoms with Crippen LogP contribution < -0.4 is 0 Å². The zero-order chi connectivity index (χ0) is 18.8. The number of H-pyrrole nitrogens is 1. The van der Waals surface area contributed by atoms with E-state index in [9.17, 15) is 9.59 Å². The summed E-state index contributed by atoms with van der Waals surface area (Å²) in [6.45, 7) is 3.88. The Morgan fingerprint density at radius 2 is 1.93 bits per heavy atom. The van der Waals surface area contributed by atoms with Crippen LogP contribution in [-0.4, -0.2) is 62.9 Å². The minimum Gasteiger partial charge on any atom is -0.361 e. The number of aromatic nitrogens is 3. The van der Waals surface area contributed by atoms with Crippen molar-refractivity contribution in [1.29, 1.82) is 0 Å². The highest BCUT2D eigenvalue weighted by Gasteiger charge is 2.22. The summed E-state index contributed by atoms with van der Waals surface area (Å²) in [5.41, 5.74) is 1.88. The van der Waals surface area contributed by atoms with Crippen LogP contribution in [0.2, 0.25) is 0 Å². The first-order chi connectivity index (χ1) is 13.1. The van der Waals surface area contributed by atoms with Crippen molar-refractivity contribution in [3.05, 3.63) is 36.4 Å². The molecule has 0 radical (unpaired) electrons. The Balaban J connectivity index is 1.34. The normalized spacial score (nSPS) is 14.7. The Morgan fingerprint density at radius 3 is 2.70 bits per heavy atom. The number of hydrogen-bond acceptors (Lipinski definition) is 5. The Bertz CT molecular complexity index is 969. The summed E-state index contributed by atoms with van der Waals surface area (Å²) in [5.74, 6) is 1.07. The van der Waals surface area contributed by atoms with Gasteiger partial charge in [0.15, 0.2) is 0 Å². The molecule has 3 heterocycles. The lowest BCUT2D eigenvalue weighted by atomic mass is 10.1. The van der Waals surface area contributed by atoms with E-state index in [-0.39, 0.29) is 11.8 Å². The summed E-state index contributed by atoms with van der Waals surface area (Å²) in [6, 6.07) is 7.93. The molecular formula is C19H21N5O3.